The van der Waals surface area contributed by atoms with Crippen LogP contribution in [0.5, 0.6) is 0 Å². The van der Waals surface area contributed by atoms with Crippen LogP contribution in [0, 0.1) is 0 Å². The molecule has 0 aliphatic carbocycles. The van der Waals surface area contributed by atoms with Crippen LogP contribution in [0.25, 0.3) is 11.3 Å². The third-order valence-corrected chi connectivity index (χ3v) is 2.41. The number of carbonyl (C=O) groups is 1. The van der Waals surface area contributed by atoms with Gasteiger partial charge in [-0.1, -0.05) is 0 Å². The Labute approximate surface area is 94.3 Å². The van der Waals surface area contributed by atoms with Gasteiger partial charge >= 0.3 is 0 Å². The second-order valence-electron chi connectivity index (χ2n) is 3.76. The fourth-order valence-electron chi connectivity index (χ4n) is 1.50. The lowest BCUT2D eigenvalue weighted by atomic mass is 10.1. The molecule has 2 aromatic rings. The van der Waals surface area contributed by atoms with Gasteiger partial charge in [0.1, 0.15) is 5.76 Å². The second kappa shape index (κ2) is 4.23. The van der Waals surface area contributed by atoms with Gasteiger partial charge in [-0.05, 0) is 36.4 Å². The summed E-state index contributed by atoms with van der Waals surface area (Å²) in [4.78, 5) is 12.5. The van der Waals surface area contributed by atoms with Crippen molar-refractivity contribution >= 4 is 12.0 Å². The first kappa shape index (κ1) is 10.5. The van der Waals surface area contributed by atoms with E-state index < -0.39 is 0 Å². The van der Waals surface area contributed by atoms with Crippen molar-refractivity contribution < 1.29 is 9.21 Å². The molecule has 0 fully saturated rings. The van der Waals surface area contributed by atoms with E-state index in [9.17, 15) is 4.79 Å². The number of furan rings is 1. The molecule has 3 heteroatoms. The van der Waals surface area contributed by atoms with E-state index in [2.05, 4.69) is 0 Å². The van der Waals surface area contributed by atoms with Gasteiger partial charge in [0.15, 0.2) is 12.0 Å². The van der Waals surface area contributed by atoms with Crippen LogP contribution < -0.4 is 4.90 Å². The smallest absolute Gasteiger partial charge is 0.185 e. The molecule has 2 rings (SSSR count). The molecule has 3 nitrogen and oxygen atoms in total. The number of benzene rings is 1. The SMILES string of the molecule is CN(C)c1ccc(-c2ccc(C=O)o2)cc1. The molecule has 82 valence electrons. The predicted molar refractivity (Wildman–Crippen MR) is 63.9 cm³/mol. The highest BCUT2D eigenvalue weighted by molar-refractivity contribution is 5.73. The van der Waals surface area contributed by atoms with Crippen molar-refractivity contribution in [1.82, 2.24) is 0 Å². The summed E-state index contributed by atoms with van der Waals surface area (Å²) in [5.74, 6) is 1.07. The summed E-state index contributed by atoms with van der Waals surface area (Å²) in [6.07, 6.45) is 0.706. The van der Waals surface area contributed by atoms with Crippen LogP contribution >= 0.6 is 0 Å². The fourth-order valence-corrected chi connectivity index (χ4v) is 1.50. The van der Waals surface area contributed by atoms with Crippen molar-refractivity contribution in [2.45, 2.75) is 0 Å². The average Bonchev–Trinajstić information content (AvgIpc) is 2.77. The Morgan fingerprint density at radius 2 is 1.75 bits per heavy atom. The Bertz CT molecular complexity index is 483. The number of hydrogen-bond acceptors (Lipinski definition) is 3. The van der Waals surface area contributed by atoms with Crippen molar-refractivity contribution in [3.05, 3.63) is 42.2 Å². The standard InChI is InChI=1S/C13H13NO2/c1-14(2)11-5-3-10(4-6-11)13-8-7-12(9-15)16-13/h3-9H,1-2H3. The van der Waals surface area contributed by atoms with Crippen LogP contribution in [0.4, 0.5) is 5.69 Å². The Morgan fingerprint density at radius 3 is 2.25 bits per heavy atom. The third kappa shape index (κ3) is 1.98. The van der Waals surface area contributed by atoms with Crippen LogP contribution in [0.3, 0.4) is 0 Å². The molecule has 0 N–H and O–H groups in total. The molecule has 1 aromatic carbocycles. The van der Waals surface area contributed by atoms with E-state index in [0.29, 0.717) is 17.8 Å². The molecule has 0 aliphatic heterocycles. The highest BCUT2D eigenvalue weighted by Gasteiger charge is 2.04. The van der Waals surface area contributed by atoms with Gasteiger partial charge in [-0.3, -0.25) is 4.79 Å². The molecule has 0 saturated carbocycles. The lowest BCUT2D eigenvalue weighted by molar-refractivity contribution is 0.110. The van der Waals surface area contributed by atoms with Crippen molar-refractivity contribution in [2.24, 2.45) is 0 Å². The van der Waals surface area contributed by atoms with E-state index in [1.54, 1.807) is 12.1 Å². The van der Waals surface area contributed by atoms with Crippen molar-refractivity contribution in [3.8, 4) is 11.3 Å². The Kier molecular flexibility index (Phi) is 2.77. The first-order valence-electron chi connectivity index (χ1n) is 5.03. The minimum atomic E-state index is 0.353. The first-order valence-corrected chi connectivity index (χ1v) is 5.03. The zero-order valence-electron chi connectivity index (χ0n) is 9.31. The first-order chi connectivity index (χ1) is 7.70. The number of carbonyl (C=O) groups excluding carboxylic acids is 1. The molecular formula is C13H13NO2. The van der Waals surface area contributed by atoms with Crippen molar-refractivity contribution in [3.63, 3.8) is 0 Å². The lowest BCUT2D eigenvalue weighted by Gasteiger charge is -2.11. The van der Waals surface area contributed by atoms with E-state index in [0.717, 1.165) is 11.3 Å². The molecule has 0 aliphatic rings. The number of aldehydes is 1. The van der Waals surface area contributed by atoms with Gasteiger partial charge in [-0.25, -0.2) is 0 Å². The molecule has 0 atom stereocenters. The van der Waals surface area contributed by atoms with Gasteiger partial charge < -0.3 is 9.32 Å². The van der Waals surface area contributed by atoms with Crippen LogP contribution in [0.2, 0.25) is 0 Å². The predicted octanol–water partition coefficient (Wildman–Crippen LogP) is 2.83. The summed E-state index contributed by atoms with van der Waals surface area (Å²) < 4.78 is 5.34. The van der Waals surface area contributed by atoms with Gasteiger partial charge in [0, 0.05) is 25.3 Å². The van der Waals surface area contributed by atoms with E-state index in [4.69, 9.17) is 4.42 Å². The molecule has 0 spiro atoms. The molecular weight excluding hydrogens is 202 g/mol. The molecule has 16 heavy (non-hydrogen) atoms. The maximum absolute atomic E-state index is 10.5. The number of nitrogens with zero attached hydrogens (tertiary/aromatic N) is 1. The normalized spacial score (nSPS) is 10.1. The fraction of sp³-hybridized carbons (Fsp3) is 0.154. The molecule has 0 radical (unpaired) electrons. The molecule has 0 unspecified atom stereocenters. The van der Waals surface area contributed by atoms with Gasteiger partial charge in [-0.2, -0.15) is 0 Å². The number of rotatable bonds is 3. The van der Waals surface area contributed by atoms with Gasteiger partial charge in [0.25, 0.3) is 0 Å². The Hall–Kier alpha value is -2.03. The zero-order chi connectivity index (χ0) is 11.5. The summed E-state index contributed by atoms with van der Waals surface area (Å²) in [7, 11) is 3.98. The van der Waals surface area contributed by atoms with E-state index >= 15 is 0 Å². The summed E-state index contributed by atoms with van der Waals surface area (Å²) in [5.41, 5.74) is 2.10. The maximum atomic E-state index is 10.5. The van der Waals surface area contributed by atoms with Gasteiger partial charge in [0.2, 0.25) is 0 Å². The maximum Gasteiger partial charge on any atom is 0.185 e. The quantitative estimate of drug-likeness (QED) is 0.738. The number of anilines is 1. The Balaban J connectivity index is 2.30. The summed E-state index contributed by atoms with van der Waals surface area (Å²) in [6.45, 7) is 0. The molecule has 1 heterocycles. The summed E-state index contributed by atoms with van der Waals surface area (Å²) in [5, 5.41) is 0. The highest BCUT2D eigenvalue weighted by Crippen LogP contribution is 2.23. The Morgan fingerprint density at radius 1 is 1.06 bits per heavy atom. The van der Waals surface area contributed by atoms with E-state index in [1.807, 2.05) is 43.3 Å². The van der Waals surface area contributed by atoms with Crippen LogP contribution in [0.1, 0.15) is 10.6 Å². The second-order valence-corrected chi connectivity index (χ2v) is 3.76. The van der Waals surface area contributed by atoms with Crippen molar-refractivity contribution in [1.29, 1.82) is 0 Å². The minimum absolute atomic E-state index is 0.353. The summed E-state index contributed by atoms with van der Waals surface area (Å²) >= 11 is 0. The highest BCUT2D eigenvalue weighted by atomic mass is 16.3. The monoisotopic (exact) mass is 215 g/mol. The van der Waals surface area contributed by atoms with E-state index in [-0.39, 0.29) is 0 Å². The molecule has 1 aromatic heterocycles. The van der Waals surface area contributed by atoms with Gasteiger partial charge in [-0.15, -0.1) is 0 Å². The summed E-state index contributed by atoms with van der Waals surface area (Å²) in [6, 6.07) is 11.4. The number of hydrogen-bond donors (Lipinski definition) is 0. The molecule has 0 amide bonds. The van der Waals surface area contributed by atoms with Crippen LogP contribution in [-0.4, -0.2) is 20.4 Å². The van der Waals surface area contributed by atoms with Crippen LogP contribution in [-0.2, 0) is 0 Å². The molecule has 0 saturated heterocycles. The van der Waals surface area contributed by atoms with Crippen molar-refractivity contribution in [2.75, 3.05) is 19.0 Å². The minimum Gasteiger partial charge on any atom is -0.453 e. The zero-order valence-corrected chi connectivity index (χ0v) is 9.31. The lowest BCUT2D eigenvalue weighted by Crippen LogP contribution is -2.07. The third-order valence-electron chi connectivity index (χ3n) is 2.41. The average molecular weight is 215 g/mol. The topological polar surface area (TPSA) is 33.5 Å². The molecule has 0 bridgehead atoms. The van der Waals surface area contributed by atoms with Crippen LogP contribution in [0.15, 0.2) is 40.8 Å². The van der Waals surface area contributed by atoms with Gasteiger partial charge in [0.05, 0.1) is 0 Å². The largest absolute Gasteiger partial charge is 0.453 e. The van der Waals surface area contributed by atoms with E-state index in [1.165, 1.54) is 0 Å².